The molecular formula is C28H22BrN3O6. The summed E-state index contributed by atoms with van der Waals surface area (Å²) in [5.74, 6) is -0.531. The van der Waals surface area contributed by atoms with E-state index in [0.717, 1.165) is 4.47 Å². The van der Waals surface area contributed by atoms with Crippen molar-refractivity contribution >= 4 is 45.6 Å². The van der Waals surface area contributed by atoms with E-state index in [-0.39, 0.29) is 11.5 Å². The molecule has 192 valence electrons. The summed E-state index contributed by atoms with van der Waals surface area (Å²) >= 11 is 3.33. The van der Waals surface area contributed by atoms with E-state index < -0.39 is 17.8 Å². The number of esters is 1. The Hall–Kier alpha value is -4.70. The number of anilines is 1. The first-order valence-electron chi connectivity index (χ1n) is 11.5. The zero-order chi connectivity index (χ0) is 26.9. The van der Waals surface area contributed by atoms with Crippen LogP contribution in [-0.4, -0.2) is 30.6 Å². The molecule has 4 aromatic rings. The molecule has 0 aliphatic carbocycles. The SMILES string of the molecule is CCOc1cc(/C=N\NC(=O)c2ccc(NC(=O)c3ccco3)cc2)ccc1OC(=O)c1ccc(Br)cc1. The van der Waals surface area contributed by atoms with Gasteiger partial charge >= 0.3 is 5.97 Å². The minimum atomic E-state index is -0.515. The highest BCUT2D eigenvalue weighted by molar-refractivity contribution is 9.10. The molecule has 0 aliphatic rings. The van der Waals surface area contributed by atoms with Crippen LogP contribution in [-0.2, 0) is 0 Å². The molecule has 4 rings (SSSR count). The first-order valence-corrected chi connectivity index (χ1v) is 12.2. The van der Waals surface area contributed by atoms with Gasteiger partial charge in [0.15, 0.2) is 17.3 Å². The van der Waals surface area contributed by atoms with Gasteiger partial charge in [-0.25, -0.2) is 10.2 Å². The Kier molecular flexibility index (Phi) is 8.68. The number of hydrogen-bond donors (Lipinski definition) is 2. The second kappa shape index (κ2) is 12.5. The lowest BCUT2D eigenvalue weighted by Gasteiger charge is -2.11. The van der Waals surface area contributed by atoms with Gasteiger partial charge in [-0.2, -0.15) is 5.10 Å². The zero-order valence-electron chi connectivity index (χ0n) is 20.1. The Bertz CT molecular complexity index is 1450. The first kappa shape index (κ1) is 26.4. The number of halogens is 1. The van der Waals surface area contributed by atoms with Crippen molar-refractivity contribution in [3.05, 3.63) is 112 Å². The smallest absolute Gasteiger partial charge is 0.343 e. The third kappa shape index (κ3) is 6.95. The van der Waals surface area contributed by atoms with Crippen LogP contribution in [0.25, 0.3) is 0 Å². The average molecular weight is 576 g/mol. The highest BCUT2D eigenvalue weighted by Crippen LogP contribution is 2.29. The number of rotatable bonds is 9. The minimum Gasteiger partial charge on any atom is -0.490 e. The van der Waals surface area contributed by atoms with Gasteiger partial charge in [0.1, 0.15) is 0 Å². The molecule has 10 heteroatoms. The predicted octanol–water partition coefficient (Wildman–Crippen LogP) is 5.68. The van der Waals surface area contributed by atoms with Crippen LogP contribution in [0.3, 0.4) is 0 Å². The second-order valence-electron chi connectivity index (χ2n) is 7.74. The van der Waals surface area contributed by atoms with E-state index in [0.29, 0.717) is 34.7 Å². The van der Waals surface area contributed by atoms with Gasteiger partial charge in [0.2, 0.25) is 0 Å². The summed E-state index contributed by atoms with van der Waals surface area (Å²) in [6, 6.07) is 21.2. The quantitative estimate of drug-likeness (QED) is 0.115. The summed E-state index contributed by atoms with van der Waals surface area (Å²) in [6.07, 6.45) is 2.85. The van der Waals surface area contributed by atoms with Crippen molar-refractivity contribution in [1.82, 2.24) is 5.43 Å². The standard InChI is InChI=1S/C28H22BrN3O6/c1-2-36-25-16-18(5-14-23(25)38-28(35)20-6-10-21(29)11-7-20)17-30-32-26(33)19-8-12-22(13-9-19)31-27(34)24-4-3-15-37-24/h3-17H,2H2,1H3,(H,31,34)(H,32,33)/b30-17-. The maximum atomic E-state index is 12.5. The largest absolute Gasteiger partial charge is 0.490 e. The molecule has 2 N–H and O–H groups in total. The highest BCUT2D eigenvalue weighted by Gasteiger charge is 2.14. The number of carbonyl (C=O) groups excluding carboxylic acids is 3. The molecule has 2 amide bonds. The molecule has 0 saturated carbocycles. The number of carbonyl (C=O) groups is 3. The lowest BCUT2D eigenvalue weighted by Crippen LogP contribution is -2.17. The fourth-order valence-electron chi connectivity index (χ4n) is 3.24. The van der Waals surface area contributed by atoms with Gasteiger partial charge in [0, 0.05) is 15.7 Å². The van der Waals surface area contributed by atoms with Crippen LogP contribution in [0.5, 0.6) is 11.5 Å². The van der Waals surface area contributed by atoms with E-state index in [2.05, 4.69) is 31.8 Å². The lowest BCUT2D eigenvalue weighted by molar-refractivity contribution is 0.0728. The maximum absolute atomic E-state index is 12.5. The van der Waals surface area contributed by atoms with Gasteiger partial charge in [-0.3, -0.25) is 9.59 Å². The number of hydrazone groups is 1. The van der Waals surface area contributed by atoms with Crippen LogP contribution in [0, 0.1) is 0 Å². The van der Waals surface area contributed by atoms with Crippen LogP contribution in [0.2, 0.25) is 0 Å². The number of benzene rings is 3. The summed E-state index contributed by atoms with van der Waals surface area (Å²) in [5.41, 5.74) is 4.33. The van der Waals surface area contributed by atoms with E-state index in [4.69, 9.17) is 13.9 Å². The summed E-state index contributed by atoms with van der Waals surface area (Å²) < 4.78 is 17.0. The molecule has 0 bridgehead atoms. The molecule has 0 unspecified atom stereocenters. The van der Waals surface area contributed by atoms with Crippen molar-refractivity contribution in [3.63, 3.8) is 0 Å². The normalized spacial score (nSPS) is 10.7. The predicted molar refractivity (Wildman–Crippen MR) is 145 cm³/mol. The van der Waals surface area contributed by atoms with Crippen molar-refractivity contribution in [2.45, 2.75) is 6.92 Å². The molecule has 1 aromatic heterocycles. The second-order valence-corrected chi connectivity index (χ2v) is 8.66. The monoisotopic (exact) mass is 575 g/mol. The molecule has 3 aromatic carbocycles. The molecule has 0 atom stereocenters. The van der Waals surface area contributed by atoms with Gasteiger partial charge in [0.05, 0.1) is 24.6 Å². The van der Waals surface area contributed by atoms with Crippen molar-refractivity contribution in [3.8, 4) is 11.5 Å². The van der Waals surface area contributed by atoms with E-state index in [9.17, 15) is 14.4 Å². The number of hydrogen-bond acceptors (Lipinski definition) is 7. The topological polar surface area (TPSA) is 119 Å². The molecule has 0 fully saturated rings. The Morgan fingerprint density at radius 1 is 0.921 bits per heavy atom. The number of amides is 2. The molecule has 0 spiro atoms. The molecule has 0 radical (unpaired) electrons. The molecular weight excluding hydrogens is 554 g/mol. The molecule has 38 heavy (non-hydrogen) atoms. The molecule has 9 nitrogen and oxygen atoms in total. The number of nitrogens with one attached hydrogen (secondary N) is 2. The number of ether oxygens (including phenoxy) is 2. The zero-order valence-corrected chi connectivity index (χ0v) is 21.7. The third-order valence-corrected chi connectivity index (χ3v) is 5.61. The average Bonchev–Trinajstić information content (AvgIpc) is 3.46. The van der Waals surface area contributed by atoms with Gasteiger partial charge in [-0.05, 0) is 91.3 Å². The summed E-state index contributed by atoms with van der Waals surface area (Å²) in [6.45, 7) is 2.17. The summed E-state index contributed by atoms with van der Waals surface area (Å²) in [5, 5.41) is 6.68. The van der Waals surface area contributed by atoms with Crippen LogP contribution < -0.4 is 20.2 Å². The van der Waals surface area contributed by atoms with Crippen LogP contribution in [0.4, 0.5) is 5.69 Å². The van der Waals surface area contributed by atoms with E-state index in [1.54, 1.807) is 78.9 Å². The fourth-order valence-corrected chi connectivity index (χ4v) is 3.50. The van der Waals surface area contributed by atoms with Crippen molar-refractivity contribution in [1.29, 1.82) is 0 Å². The maximum Gasteiger partial charge on any atom is 0.343 e. The summed E-state index contributed by atoms with van der Waals surface area (Å²) in [7, 11) is 0. The number of furan rings is 1. The Labute approximate surface area is 226 Å². The minimum absolute atomic E-state index is 0.185. The summed E-state index contributed by atoms with van der Waals surface area (Å²) in [4.78, 5) is 37.0. The Balaban J connectivity index is 1.36. The Morgan fingerprint density at radius 2 is 1.66 bits per heavy atom. The van der Waals surface area contributed by atoms with Crippen LogP contribution in [0.1, 0.15) is 43.8 Å². The molecule has 0 aliphatic heterocycles. The third-order valence-electron chi connectivity index (χ3n) is 5.08. The highest BCUT2D eigenvalue weighted by atomic mass is 79.9. The Morgan fingerprint density at radius 3 is 2.34 bits per heavy atom. The van der Waals surface area contributed by atoms with Gasteiger partial charge in [-0.15, -0.1) is 0 Å². The van der Waals surface area contributed by atoms with Crippen molar-refractivity contribution < 1.29 is 28.3 Å². The van der Waals surface area contributed by atoms with Crippen LogP contribution >= 0.6 is 15.9 Å². The van der Waals surface area contributed by atoms with Gasteiger partial charge in [-0.1, -0.05) is 15.9 Å². The van der Waals surface area contributed by atoms with Crippen LogP contribution in [0.15, 0.2) is 99.1 Å². The van der Waals surface area contributed by atoms with E-state index >= 15 is 0 Å². The number of nitrogens with zero attached hydrogens (tertiary/aromatic N) is 1. The van der Waals surface area contributed by atoms with Gasteiger partial charge in [0.25, 0.3) is 11.8 Å². The fraction of sp³-hybridized carbons (Fsp3) is 0.0714. The van der Waals surface area contributed by atoms with Gasteiger partial charge < -0.3 is 19.2 Å². The molecule has 1 heterocycles. The van der Waals surface area contributed by atoms with E-state index in [1.165, 1.54) is 12.5 Å². The van der Waals surface area contributed by atoms with E-state index in [1.807, 2.05) is 6.92 Å². The molecule has 0 saturated heterocycles. The first-order chi connectivity index (χ1) is 18.4. The lowest BCUT2D eigenvalue weighted by atomic mass is 10.2. The van der Waals surface area contributed by atoms with Crippen molar-refractivity contribution in [2.24, 2.45) is 5.10 Å². The van der Waals surface area contributed by atoms with Crippen molar-refractivity contribution in [2.75, 3.05) is 11.9 Å².